The van der Waals surface area contributed by atoms with Gasteiger partial charge in [-0.2, -0.15) is 0 Å². The van der Waals surface area contributed by atoms with Crippen LogP contribution in [0.1, 0.15) is 23.0 Å². The van der Waals surface area contributed by atoms with Crippen LogP contribution in [0.15, 0.2) is 53.9 Å². The third-order valence-corrected chi connectivity index (χ3v) is 5.08. The number of thiazole rings is 1. The monoisotopic (exact) mass is 484 g/mol. The van der Waals surface area contributed by atoms with Gasteiger partial charge in [-0.15, -0.1) is 11.3 Å². The van der Waals surface area contributed by atoms with Crippen LogP contribution in [-0.2, 0) is 16.1 Å². The fourth-order valence-electron chi connectivity index (χ4n) is 2.75. The van der Waals surface area contributed by atoms with Gasteiger partial charge >= 0.3 is 12.0 Å². The van der Waals surface area contributed by atoms with Crippen molar-refractivity contribution < 1.29 is 28.6 Å². The van der Waals surface area contributed by atoms with Crippen molar-refractivity contribution in [1.82, 2.24) is 10.3 Å². The van der Waals surface area contributed by atoms with Crippen LogP contribution in [-0.4, -0.2) is 43.2 Å². The number of hydrogen-bond donors (Lipinski definition) is 3. The number of urea groups is 1. The molecule has 3 rings (SSSR count). The lowest BCUT2D eigenvalue weighted by molar-refractivity contribution is -0.145. The zero-order valence-electron chi connectivity index (χ0n) is 18.6. The summed E-state index contributed by atoms with van der Waals surface area (Å²) in [5.41, 5.74) is 1.54. The number of rotatable bonds is 10. The van der Waals surface area contributed by atoms with E-state index in [4.69, 9.17) is 14.2 Å². The lowest BCUT2D eigenvalue weighted by atomic mass is 10.2. The van der Waals surface area contributed by atoms with Gasteiger partial charge in [0.05, 0.1) is 13.7 Å². The lowest BCUT2D eigenvalue weighted by Gasteiger charge is -2.12. The van der Waals surface area contributed by atoms with Crippen LogP contribution in [0, 0.1) is 0 Å². The zero-order chi connectivity index (χ0) is 24.3. The predicted molar refractivity (Wildman–Crippen MR) is 127 cm³/mol. The first-order chi connectivity index (χ1) is 16.5. The van der Waals surface area contributed by atoms with Crippen LogP contribution in [0.2, 0.25) is 0 Å². The number of anilines is 2. The van der Waals surface area contributed by atoms with Gasteiger partial charge in [-0.3, -0.25) is 10.1 Å². The number of carbonyl (C=O) groups is 3. The second-order valence-corrected chi connectivity index (χ2v) is 7.60. The number of nitrogens with zero attached hydrogens (tertiary/aromatic N) is 1. The fourth-order valence-corrected chi connectivity index (χ4v) is 3.44. The van der Waals surface area contributed by atoms with E-state index in [9.17, 15) is 14.4 Å². The standard InChI is InChI=1S/C23H24N4O6S/c1-3-32-20(28)13-33-18-10-9-16(11-19(18)31-2)25-21(29)17-14-34-23(26-17)27-22(30)24-12-15-7-5-4-6-8-15/h4-11,14H,3,12-13H2,1-2H3,(H,25,29)(H2,24,26,27,30). The Labute approximate surface area is 200 Å². The van der Waals surface area contributed by atoms with Crippen LogP contribution in [0.3, 0.4) is 0 Å². The van der Waals surface area contributed by atoms with Crippen molar-refractivity contribution in [3.63, 3.8) is 0 Å². The van der Waals surface area contributed by atoms with E-state index in [-0.39, 0.29) is 24.0 Å². The Morgan fingerprint density at radius 1 is 1.03 bits per heavy atom. The molecule has 0 radical (unpaired) electrons. The molecule has 0 unspecified atom stereocenters. The fraction of sp³-hybridized carbons (Fsp3) is 0.217. The largest absolute Gasteiger partial charge is 0.493 e. The summed E-state index contributed by atoms with van der Waals surface area (Å²) in [5.74, 6) is -0.298. The maximum absolute atomic E-state index is 12.6. The van der Waals surface area contributed by atoms with Gasteiger partial charge in [0.15, 0.2) is 23.2 Å². The normalized spacial score (nSPS) is 10.2. The number of ether oxygens (including phenoxy) is 3. The first kappa shape index (κ1) is 24.5. The first-order valence-electron chi connectivity index (χ1n) is 10.3. The highest BCUT2D eigenvalue weighted by atomic mass is 32.1. The number of benzene rings is 2. The molecule has 34 heavy (non-hydrogen) atoms. The minimum atomic E-state index is -0.497. The van der Waals surface area contributed by atoms with E-state index >= 15 is 0 Å². The molecule has 2 aromatic carbocycles. The molecule has 0 aliphatic carbocycles. The molecule has 0 atom stereocenters. The molecule has 0 bridgehead atoms. The van der Waals surface area contributed by atoms with E-state index in [1.165, 1.54) is 12.5 Å². The Kier molecular flexibility index (Phi) is 8.81. The third-order valence-electron chi connectivity index (χ3n) is 4.33. The quantitative estimate of drug-likeness (QED) is 0.375. The van der Waals surface area contributed by atoms with Gasteiger partial charge < -0.3 is 24.8 Å². The maximum atomic E-state index is 12.6. The average molecular weight is 485 g/mol. The molecule has 178 valence electrons. The highest BCUT2D eigenvalue weighted by molar-refractivity contribution is 7.14. The van der Waals surface area contributed by atoms with Crippen molar-refractivity contribution in [3.8, 4) is 11.5 Å². The topological polar surface area (TPSA) is 128 Å². The second-order valence-electron chi connectivity index (χ2n) is 6.74. The molecule has 0 aliphatic rings. The van der Waals surface area contributed by atoms with Gasteiger partial charge in [0.25, 0.3) is 5.91 Å². The summed E-state index contributed by atoms with van der Waals surface area (Å²) >= 11 is 1.13. The molecule has 1 heterocycles. The Morgan fingerprint density at radius 2 is 1.82 bits per heavy atom. The highest BCUT2D eigenvalue weighted by Crippen LogP contribution is 2.30. The van der Waals surface area contributed by atoms with Crippen LogP contribution in [0.25, 0.3) is 0 Å². The van der Waals surface area contributed by atoms with Crippen molar-refractivity contribution in [3.05, 3.63) is 65.2 Å². The summed E-state index contributed by atoms with van der Waals surface area (Å²) in [4.78, 5) is 40.3. The minimum absolute atomic E-state index is 0.143. The van der Waals surface area contributed by atoms with E-state index in [2.05, 4.69) is 20.9 Å². The van der Waals surface area contributed by atoms with Crippen molar-refractivity contribution >= 4 is 40.1 Å². The molecule has 3 N–H and O–H groups in total. The van der Waals surface area contributed by atoms with Gasteiger partial charge in [0.1, 0.15) is 5.69 Å². The van der Waals surface area contributed by atoms with Gasteiger partial charge in [-0.05, 0) is 24.6 Å². The molecule has 1 aromatic heterocycles. The van der Waals surface area contributed by atoms with Crippen LogP contribution in [0.5, 0.6) is 11.5 Å². The van der Waals surface area contributed by atoms with Crippen LogP contribution >= 0.6 is 11.3 Å². The number of nitrogens with one attached hydrogen (secondary N) is 3. The summed E-state index contributed by atoms with van der Waals surface area (Å²) in [6, 6.07) is 13.8. The summed E-state index contributed by atoms with van der Waals surface area (Å²) in [6.07, 6.45) is 0. The Bertz CT molecular complexity index is 1140. The molecule has 3 aromatic rings. The zero-order valence-corrected chi connectivity index (χ0v) is 19.4. The molecular formula is C23H24N4O6S. The molecule has 0 fully saturated rings. The van der Waals surface area contributed by atoms with Crippen LogP contribution < -0.4 is 25.4 Å². The van der Waals surface area contributed by atoms with Crippen molar-refractivity contribution in [2.75, 3.05) is 31.0 Å². The summed E-state index contributed by atoms with van der Waals surface area (Å²) in [7, 11) is 1.44. The maximum Gasteiger partial charge on any atom is 0.344 e. The minimum Gasteiger partial charge on any atom is -0.493 e. The molecule has 0 saturated heterocycles. The summed E-state index contributed by atoms with van der Waals surface area (Å²) < 4.78 is 15.5. The molecule has 11 heteroatoms. The Hall–Kier alpha value is -4.12. The van der Waals surface area contributed by atoms with E-state index in [1.807, 2.05) is 30.3 Å². The van der Waals surface area contributed by atoms with E-state index in [0.717, 1.165) is 16.9 Å². The van der Waals surface area contributed by atoms with Crippen molar-refractivity contribution in [1.29, 1.82) is 0 Å². The van der Waals surface area contributed by atoms with E-state index in [1.54, 1.807) is 25.1 Å². The summed E-state index contributed by atoms with van der Waals surface area (Å²) in [5, 5.41) is 9.88. The second kappa shape index (κ2) is 12.2. The number of aromatic nitrogens is 1. The molecule has 0 aliphatic heterocycles. The predicted octanol–water partition coefficient (Wildman–Crippen LogP) is 3.67. The van der Waals surface area contributed by atoms with Crippen molar-refractivity contribution in [2.45, 2.75) is 13.5 Å². The Balaban J connectivity index is 1.54. The molecule has 3 amide bonds. The molecule has 0 saturated carbocycles. The highest BCUT2D eigenvalue weighted by Gasteiger charge is 2.15. The van der Waals surface area contributed by atoms with Crippen molar-refractivity contribution in [2.24, 2.45) is 0 Å². The van der Waals surface area contributed by atoms with E-state index in [0.29, 0.717) is 23.7 Å². The number of amides is 3. The molecular weight excluding hydrogens is 460 g/mol. The number of methoxy groups -OCH3 is 1. The lowest BCUT2D eigenvalue weighted by Crippen LogP contribution is -2.28. The number of esters is 1. The molecule has 0 spiro atoms. The first-order valence-corrected chi connectivity index (χ1v) is 11.2. The number of carbonyl (C=O) groups excluding carboxylic acids is 3. The number of hydrogen-bond acceptors (Lipinski definition) is 8. The SMILES string of the molecule is CCOC(=O)COc1ccc(NC(=O)c2csc(NC(=O)NCc3ccccc3)n2)cc1OC. The summed E-state index contributed by atoms with van der Waals surface area (Å²) in [6.45, 7) is 2.07. The molecule has 10 nitrogen and oxygen atoms in total. The van der Waals surface area contributed by atoms with Gasteiger partial charge in [0.2, 0.25) is 0 Å². The van der Waals surface area contributed by atoms with Gasteiger partial charge in [-0.1, -0.05) is 30.3 Å². The van der Waals surface area contributed by atoms with Gasteiger partial charge in [-0.25, -0.2) is 14.6 Å². The third kappa shape index (κ3) is 7.20. The van der Waals surface area contributed by atoms with E-state index < -0.39 is 17.9 Å². The Morgan fingerprint density at radius 3 is 2.56 bits per heavy atom. The average Bonchev–Trinajstić information content (AvgIpc) is 3.31. The van der Waals surface area contributed by atoms with Gasteiger partial charge in [0, 0.05) is 23.7 Å². The smallest absolute Gasteiger partial charge is 0.344 e. The van der Waals surface area contributed by atoms with Crippen LogP contribution in [0.4, 0.5) is 15.6 Å².